The van der Waals surface area contributed by atoms with Gasteiger partial charge in [0.05, 0.1) is 12.7 Å². The van der Waals surface area contributed by atoms with E-state index in [1.54, 1.807) is 30.3 Å². The standard InChI is InChI=1S/C25H32N2O4/c1-5-7-16-30-21-14-10-20(11-15-21)24(28)27-23(25(29)26-6-2)17-19-8-12-22(13-9-19)31-18(3)4/h8-15,17-18H,5-7,16H2,1-4H3,(H,26,29)(H,27,28). The molecule has 0 radical (unpaired) electrons. The van der Waals surface area contributed by atoms with E-state index in [2.05, 4.69) is 17.6 Å². The van der Waals surface area contributed by atoms with E-state index in [4.69, 9.17) is 9.47 Å². The lowest BCUT2D eigenvalue weighted by atomic mass is 10.1. The number of amides is 2. The maximum absolute atomic E-state index is 12.7. The summed E-state index contributed by atoms with van der Waals surface area (Å²) in [5, 5.41) is 5.45. The van der Waals surface area contributed by atoms with Crippen LogP contribution in [0.1, 0.15) is 56.5 Å². The number of benzene rings is 2. The quantitative estimate of drug-likeness (QED) is 0.410. The van der Waals surface area contributed by atoms with Crippen LogP contribution in [0.4, 0.5) is 0 Å². The number of nitrogens with one attached hydrogen (secondary N) is 2. The summed E-state index contributed by atoms with van der Waals surface area (Å²) in [6.45, 7) is 8.95. The van der Waals surface area contributed by atoms with Gasteiger partial charge in [0.2, 0.25) is 0 Å². The lowest BCUT2D eigenvalue weighted by Crippen LogP contribution is -2.34. The smallest absolute Gasteiger partial charge is 0.267 e. The van der Waals surface area contributed by atoms with Gasteiger partial charge < -0.3 is 20.1 Å². The zero-order valence-electron chi connectivity index (χ0n) is 18.7. The first kappa shape index (κ1) is 24.0. The molecule has 0 aliphatic carbocycles. The second-order valence-electron chi connectivity index (χ2n) is 7.33. The average molecular weight is 425 g/mol. The monoisotopic (exact) mass is 424 g/mol. The Balaban J connectivity index is 2.13. The van der Waals surface area contributed by atoms with E-state index < -0.39 is 0 Å². The molecule has 0 spiro atoms. The summed E-state index contributed by atoms with van der Waals surface area (Å²) in [4.78, 5) is 25.2. The van der Waals surface area contributed by atoms with E-state index in [9.17, 15) is 9.59 Å². The minimum Gasteiger partial charge on any atom is -0.494 e. The number of rotatable bonds is 11. The van der Waals surface area contributed by atoms with Crippen molar-refractivity contribution in [1.29, 1.82) is 0 Å². The van der Waals surface area contributed by atoms with Crippen LogP contribution in [0, 0.1) is 0 Å². The molecule has 0 atom stereocenters. The van der Waals surface area contributed by atoms with E-state index >= 15 is 0 Å². The van der Waals surface area contributed by atoms with E-state index in [0.29, 0.717) is 24.5 Å². The Kier molecular flexibility index (Phi) is 9.62. The van der Waals surface area contributed by atoms with Gasteiger partial charge in [0.15, 0.2) is 0 Å². The third-order valence-corrected chi connectivity index (χ3v) is 4.28. The molecule has 2 aromatic rings. The van der Waals surface area contributed by atoms with Crippen molar-refractivity contribution in [3.63, 3.8) is 0 Å². The third kappa shape index (κ3) is 8.16. The topological polar surface area (TPSA) is 76.7 Å². The molecule has 6 heteroatoms. The largest absolute Gasteiger partial charge is 0.494 e. The first-order valence-electron chi connectivity index (χ1n) is 10.7. The minimum absolute atomic E-state index is 0.0787. The molecule has 2 rings (SSSR count). The second kappa shape index (κ2) is 12.4. The van der Waals surface area contributed by atoms with Crippen molar-refractivity contribution in [2.75, 3.05) is 13.2 Å². The first-order chi connectivity index (χ1) is 14.9. The summed E-state index contributed by atoms with van der Waals surface area (Å²) in [5.74, 6) is 0.750. The number of ether oxygens (including phenoxy) is 2. The maximum atomic E-state index is 12.7. The Labute approximate surface area is 184 Å². The van der Waals surface area contributed by atoms with Crippen molar-refractivity contribution in [1.82, 2.24) is 10.6 Å². The summed E-state index contributed by atoms with van der Waals surface area (Å²) in [6, 6.07) is 14.2. The second-order valence-corrected chi connectivity index (χ2v) is 7.33. The predicted octanol–water partition coefficient (Wildman–Crippen LogP) is 4.56. The molecule has 0 aliphatic heterocycles. The molecule has 2 aromatic carbocycles. The molecule has 0 saturated carbocycles. The highest BCUT2D eigenvalue weighted by atomic mass is 16.5. The Morgan fingerprint density at radius 2 is 1.61 bits per heavy atom. The summed E-state index contributed by atoms with van der Waals surface area (Å²) in [7, 11) is 0. The molecular formula is C25H32N2O4. The highest BCUT2D eigenvalue weighted by Crippen LogP contribution is 2.16. The molecule has 0 saturated heterocycles. The van der Waals surface area contributed by atoms with Crippen molar-refractivity contribution < 1.29 is 19.1 Å². The lowest BCUT2D eigenvalue weighted by Gasteiger charge is -2.12. The molecule has 2 amide bonds. The van der Waals surface area contributed by atoms with Gasteiger partial charge in [-0.25, -0.2) is 0 Å². The number of likely N-dealkylation sites (N-methyl/N-ethyl adjacent to an activating group) is 1. The fourth-order valence-electron chi connectivity index (χ4n) is 2.73. The van der Waals surface area contributed by atoms with Crippen molar-refractivity contribution in [3.05, 3.63) is 65.4 Å². The first-order valence-corrected chi connectivity index (χ1v) is 10.7. The Morgan fingerprint density at radius 1 is 0.968 bits per heavy atom. The maximum Gasteiger partial charge on any atom is 0.267 e. The molecule has 6 nitrogen and oxygen atoms in total. The number of hydrogen-bond donors (Lipinski definition) is 2. The van der Waals surface area contributed by atoms with Crippen LogP contribution in [-0.2, 0) is 4.79 Å². The van der Waals surface area contributed by atoms with Crippen LogP contribution >= 0.6 is 0 Å². The van der Waals surface area contributed by atoms with Crippen LogP contribution in [-0.4, -0.2) is 31.1 Å². The predicted molar refractivity (Wildman–Crippen MR) is 123 cm³/mol. The summed E-state index contributed by atoms with van der Waals surface area (Å²) < 4.78 is 11.3. The van der Waals surface area contributed by atoms with Crippen LogP contribution in [0.25, 0.3) is 6.08 Å². The normalized spacial score (nSPS) is 11.2. The van der Waals surface area contributed by atoms with Gasteiger partial charge in [-0.05, 0) is 75.2 Å². The molecule has 31 heavy (non-hydrogen) atoms. The number of unbranched alkanes of at least 4 members (excludes halogenated alkanes) is 1. The van der Waals surface area contributed by atoms with E-state index in [-0.39, 0.29) is 23.6 Å². The molecule has 0 aromatic heterocycles. The van der Waals surface area contributed by atoms with Gasteiger partial charge in [-0.3, -0.25) is 9.59 Å². The van der Waals surface area contributed by atoms with Gasteiger partial charge in [0, 0.05) is 12.1 Å². The Hall–Kier alpha value is -3.28. The molecule has 0 bridgehead atoms. The number of hydrogen-bond acceptors (Lipinski definition) is 4. The fraction of sp³-hybridized carbons (Fsp3) is 0.360. The summed E-state index contributed by atoms with van der Waals surface area (Å²) in [6.07, 6.45) is 3.76. The Bertz CT molecular complexity index is 871. The SMILES string of the molecule is CCCCOc1ccc(C(=O)NC(=Cc2ccc(OC(C)C)cc2)C(=O)NCC)cc1. The van der Waals surface area contributed by atoms with Gasteiger partial charge in [-0.15, -0.1) is 0 Å². The highest BCUT2D eigenvalue weighted by molar-refractivity contribution is 6.05. The zero-order valence-corrected chi connectivity index (χ0v) is 18.7. The van der Waals surface area contributed by atoms with Crippen LogP contribution in [0.3, 0.4) is 0 Å². The van der Waals surface area contributed by atoms with Crippen molar-refractivity contribution in [2.24, 2.45) is 0 Å². The van der Waals surface area contributed by atoms with Crippen LogP contribution in [0.15, 0.2) is 54.2 Å². The molecule has 0 fully saturated rings. The summed E-state index contributed by atoms with van der Waals surface area (Å²) in [5.41, 5.74) is 1.39. The van der Waals surface area contributed by atoms with Crippen LogP contribution in [0.2, 0.25) is 0 Å². The highest BCUT2D eigenvalue weighted by Gasteiger charge is 2.14. The molecule has 166 valence electrons. The number of carbonyl (C=O) groups excluding carboxylic acids is 2. The van der Waals surface area contributed by atoms with Crippen molar-refractivity contribution in [2.45, 2.75) is 46.6 Å². The number of carbonyl (C=O) groups is 2. The van der Waals surface area contributed by atoms with Crippen molar-refractivity contribution >= 4 is 17.9 Å². The molecule has 0 aliphatic rings. The van der Waals surface area contributed by atoms with Crippen molar-refractivity contribution in [3.8, 4) is 11.5 Å². The van der Waals surface area contributed by atoms with Gasteiger partial charge in [-0.2, -0.15) is 0 Å². The lowest BCUT2D eigenvalue weighted by molar-refractivity contribution is -0.117. The minimum atomic E-state index is -0.364. The van der Waals surface area contributed by atoms with E-state index in [0.717, 1.165) is 24.2 Å². The van der Waals surface area contributed by atoms with E-state index in [1.807, 2.05) is 45.0 Å². The average Bonchev–Trinajstić information content (AvgIpc) is 2.75. The zero-order chi connectivity index (χ0) is 22.6. The van der Waals surface area contributed by atoms with E-state index in [1.165, 1.54) is 0 Å². The fourth-order valence-corrected chi connectivity index (χ4v) is 2.73. The van der Waals surface area contributed by atoms with Gasteiger partial charge in [0.1, 0.15) is 17.2 Å². The van der Waals surface area contributed by atoms with Crippen LogP contribution < -0.4 is 20.1 Å². The molecule has 2 N–H and O–H groups in total. The molecule has 0 unspecified atom stereocenters. The van der Waals surface area contributed by atoms with Gasteiger partial charge in [0.25, 0.3) is 11.8 Å². The Morgan fingerprint density at radius 3 is 2.19 bits per heavy atom. The van der Waals surface area contributed by atoms with Crippen LogP contribution in [0.5, 0.6) is 11.5 Å². The molecule has 0 heterocycles. The third-order valence-electron chi connectivity index (χ3n) is 4.28. The van der Waals surface area contributed by atoms with Gasteiger partial charge >= 0.3 is 0 Å². The van der Waals surface area contributed by atoms with Gasteiger partial charge in [-0.1, -0.05) is 25.5 Å². The summed E-state index contributed by atoms with van der Waals surface area (Å²) >= 11 is 0. The molecular weight excluding hydrogens is 392 g/mol.